The molecule has 0 aromatic carbocycles. The van der Waals surface area contributed by atoms with Gasteiger partial charge in [0.05, 0.1) is 6.61 Å². The summed E-state index contributed by atoms with van der Waals surface area (Å²) in [6.07, 6.45) is 3.19. The third-order valence-corrected chi connectivity index (χ3v) is 3.03. The van der Waals surface area contributed by atoms with Crippen molar-refractivity contribution < 1.29 is 9.53 Å². The highest BCUT2D eigenvalue weighted by atomic mass is 32.1. The molecule has 2 aromatic heterocycles. The first-order valence-electron chi connectivity index (χ1n) is 4.57. The van der Waals surface area contributed by atoms with Crippen LogP contribution in [-0.4, -0.2) is 27.1 Å². The first kappa shape index (κ1) is 11.2. The molecule has 7 heteroatoms. The van der Waals surface area contributed by atoms with Gasteiger partial charge in [-0.25, -0.2) is 14.8 Å². The molecule has 0 unspecified atom stereocenters. The molecule has 0 N–H and O–H groups in total. The van der Waals surface area contributed by atoms with Gasteiger partial charge in [-0.2, -0.15) is 0 Å². The minimum Gasteiger partial charge on any atom is -0.461 e. The Balaban J connectivity index is 2.35. The summed E-state index contributed by atoms with van der Waals surface area (Å²) in [5.41, 5.74) is 0.209. The van der Waals surface area contributed by atoms with Gasteiger partial charge in [0.1, 0.15) is 11.4 Å². The van der Waals surface area contributed by atoms with Crippen LogP contribution >= 0.6 is 24.0 Å². The topological polar surface area (TPSA) is 57.0 Å². The van der Waals surface area contributed by atoms with Gasteiger partial charge >= 0.3 is 5.97 Å². The van der Waals surface area contributed by atoms with Gasteiger partial charge in [-0.1, -0.05) is 0 Å². The monoisotopic (exact) mass is 255 g/mol. The van der Waals surface area contributed by atoms with E-state index < -0.39 is 5.97 Å². The van der Waals surface area contributed by atoms with Crippen LogP contribution in [-0.2, 0) is 4.74 Å². The van der Waals surface area contributed by atoms with E-state index in [2.05, 4.69) is 22.6 Å². The summed E-state index contributed by atoms with van der Waals surface area (Å²) in [4.78, 5) is 19.6. The molecular weight excluding hydrogens is 246 g/mol. The largest absolute Gasteiger partial charge is 0.461 e. The Kier molecular flexibility index (Phi) is 3.25. The molecule has 16 heavy (non-hydrogen) atoms. The van der Waals surface area contributed by atoms with Crippen LogP contribution in [0.4, 0.5) is 0 Å². The molecule has 0 radical (unpaired) electrons. The third-order valence-electron chi connectivity index (χ3n) is 1.84. The van der Waals surface area contributed by atoms with Gasteiger partial charge in [0, 0.05) is 11.6 Å². The third kappa shape index (κ3) is 1.96. The number of aromatic nitrogens is 3. The number of thiol groups is 1. The standard InChI is InChI=1S/C9H9N3O2S2/c1-2-14-8(13)6-7(15)12(5-11-6)9-10-3-4-16-9/h3-5,15H,2H2,1H3. The van der Waals surface area contributed by atoms with Gasteiger partial charge < -0.3 is 4.74 Å². The molecule has 0 saturated carbocycles. The van der Waals surface area contributed by atoms with Crippen molar-refractivity contribution in [1.29, 1.82) is 0 Å². The zero-order valence-corrected chi connectivity index (χ0v) is 10.2. The predicted octanol–water partition coefficient (Wildman–Crippen LogP) is 1.79. The number of carbonyl (C=O) groups excluding carboxylic acids is 1. The summed E-state index contributed by atoms with van der Waals surface area (Å²) in [6, 6.07) is 0. The number of ether oxygens (including phenoxy) is 1. The van der Waals surface area contributed by atoms with Crippen LogP contribution in [0.3, 0.4) is 0 Å². The van der Waals surface area contributed by atoms with Crippen LogP contribution < -0.4 is 0 Å². The minimum atomic E-state index is -0.470. The number of thiazole rings is 1. The molecule has 0 saturated heterocycles. The van der Waals surface area contributed by atoms with Crippen LogP contribution in [0, 0.1) is 0 Å². The van der Waals surface area contributed by atoms with Crippen molar-refractivity contribution in [3.05, 3.63) is 23.6 Å². The fraction of sp³-hybridized carbons (Fsp3) is 0.222. The van der Waals surface area contributed by atoms with Crippen LogP contribution in [0.25, 0.3) is 5.13 Å². The van der Waals surface area contributed by atoms with Gasteiger partial charge in [-0.15, -0.1) is 24.0 Å². The van der Waals surface area contributed by atoms with Gasteiger partial charge in [-0.3, -0.25) is 4.57 Å². The fourth-order valence-electron chi connectivity index (χ4n) is 1.16. The van der Waals surface area contributed by atoms with E-state index >= 15 is 0 Å². The second-order valence-electron chi connectivity index (χ2n) is 2.82. The number of carbonyl (C=O) groups is 1. The second-order valence-corrected chi connectivity index (χ2v) is 4.12. The number of hydrogen-bond acceptors (Lipinski definition) is 6. The lowest BCUT2D eigenvalue weighted by Gasteiger charge is -2.00. The zero-order valence-electron chi connectivity index (χ0n) is 8.45. The highest BCUT2D eigenvalue weighted by molar-refractivity contribution is 7.80. The maximum atomic E-state index is 11.5. The summed E-state index contributed by atoms with van der Waals surface area (Å²) in [6.45, 7) is 2.06. The number of nitrogens with zero attached hydrogens (tertiary/aromatic N) is 3. The molecule has 0 spiro atoms. The molecule has 2 aromatic rings. The Bertz CT molecular complexity index is 493. The molecule has 0 aliphatic heterocycles. The van der Waals surface area contributed by atoms with E-state index in [4.69, 9.17) is 4.74 Å². The molecule has 0 fully saturated rings. The van der Waals surface area contributed by atoms with Crippen molar-refractivity contribution >= 4 is 29.9 Å². The number of rotatable bonds is 3. The lowest BCUT2D eigenvalue weighted by molar-refractivity contribution is 0.0515. The average molecular weight is 255 g/mol. The molecular formula is C9H9N3O2S2. The van der Waals surface area contributed by atoms with E-state index in [1.165, 1.54) is 17.7 Å². The number of imidazole rings is 1. The maximum absolute atomic E-state index is 11.5. The van der Waals surface area contributed by atoms with E-state index in [0.29, 0.717) is 16.8 Å². The molecule has 0 bridgehead atoms. The van der Waals surface area contributed by atoms with Gasteiger partial charge in [0.25, 0.3) is 0 Å². The average Bonchev–Trinajstić information content (AvgIpc) is 2.86. The van der Waals surface area contributed by atoms with Crippen molar-refractivity contribution in [2.45, 2.75) is 11.9 Å². The molecule has 0 aliphatic carbocycles. The van der Waals surface area contributed by atoms with Crippen molar-refractivity contribution in [3.63, 3.8) is 0 Å². The molecule has 0 aliphatic rings. The summed E-state index contributed by atoms with van der Waals surface area (Å²) < 4.78 is 6.50. The summed E-state index contributed by atoms with van der Waals surface area (Å²) in [5, 5.41) is 2.99. The van der Waals surface area contributed by atoms with E-state index in [1.54, 1.807) is 17.7 Å². The Labute approximate surface area is 102 Å². The second kappa shape index (κ2) is 4.67. The van der Waals surface area contributed by atoms with Crippen molar-refractivity contribution in [3.8, 4) is 5.13 Å². The van der Waals surface area contributed by atoms with Crippen molar-refractivity contribution in [2.24, 2.45) is 0 Å². The summed E-state index contributed by atoms with van der Waals surface area (Å²) >= 11 is 5.69. The van der Waals surface area contributed by atoms with Crippen molar-refractivity contribution in [1.82, 2.24) is 14.5 Å². The van der Waals surface area contributed by atoms with Gasteiger partial charge in [-0.05, 0) is 6.92 Å². The minimum absolute atomic E-state index is 0.209. The van der Waals surface area contributed by atoms with Crippen LogP contribution in [0.2, 0.25) is 0 Å². The molecule has 84 valence electrons. The molecule has 2 rings (SSSR count). The highest BCUT2D eigenvalue weighted by Gasteiger charge is 2.17. The van der Waals surface area contributed by atoms with Crippen LogP contribution in [0.15, 0.2) is 22.9 Å². The number of hydrogen-bond donors (Lipinski definition) is 1. The first-order chi connectivity index (χ1) is 7.74. The SMILES string of the molecule is CCOC(=O)c1ncn(-c2nccs2)c1S. The normalized spacial score (nSPS) is 10.4. The van der Waals surface area contributed by atoms with Gasteiger partial charge in [0.15, 0.2) is 10.8 Å². The Morgan fingerprint density at radius 2 is 2.44 bits per heavy atom. The quantitative estimate of drug-likeness (QED) is 0.671. The highest BCUT2D eigenvalue weighted by Crippen LogP contribution is 2.20. The van der Waals surface area contributed by atoms with Gasteiger partial charge in [0.2, 0.25) is 0 Å². The lowest BCUT2D eigenvalue weighted by Crippen LogP contribution is -2.06. The first-order valence-corrected chi connectivity index (χ1v) is 5.90. The Morgan fingerprint density at radius 3 is 3.06 bits per heavy atom. The zero-order chi connectivity index (χ0) is 11.5. The Hall–Kier alpha value is -1.34. The molecule has 0 amide bonds. The summed E-state index contributed by atoms with van der Waals surface area (Å²) in [7, 11) is 0. The van der Waals surface area contributed by atoms with E-state index in [9.17, 15) is 4.79 Å². The number of esters is 1. The molecule has 2 heterocycles. The predicted molar refractivity (Wildman–Crippen MR) is 62.4 cm³/mol. The fourth-order valence-corrected chi connectivity index (χ4v) is 2.14. The molecule has 5 nitrogen and oxygen atoms in total. The smallest absolute Gasteiger partial charge is 0.359 e. The van der Waals surface area contributed by atoms with Crippen LogP contribution in [0.1, 0.15) is 17.4 Å². The molecule has 0 atom stereocenters. The maximum Gasteiger partial charge on any atom is 0.359 e. The van der Waals surface area contributed by atoms with E-state index in [-0.39, 0.29) is 5.69 Å². The van der Waals surface area contributed by atoms with Crippen LogP contribution in [0.5, 0.6) is 0 Å². The van der Waals surface area contributed by atoms with Crippen molar-refractivity contribution in [2.75, 3.05) is 6.61 Å². The Morgan fingerprint density at radius 1 is 1.62 bits per heavy atom. The van der Waals surface area contributed by atoms with E-state index in [1.807, 2.05) is 5.38 Å². The lowest BCUT2D eigenvalue weighted by atomic mass is 10.5. The summed E-state index contributed by atoms with van der Waals surface area (Å²) in [5.74, 6) is -0.470. The van der Waals surface area contributed by atoms with E-state index in [0.717, 1.165) is 0 Å².